The number of oxime groups is 2. The maximum absolute atomic E-state index is 5.61. The van der Waals surface area contributed by atoms with Crippen LogP contribution in [0.4, 0.5) is 0 Å². The molecule has 136 valence electrons. The topological polar surface area (TPSA) is 43.2 Å². The summed E-state index contributed by atoms with van der Waals surface area (Å²) in [5.41, 5.74) is 3.65. The van der Waals surface area contributed by atoms with Gasteiger partial charge in [0.2, 0.25) is 0 Å². The van der Waals surface area contributed by atoms with Crippen molar-refractivity contribution < 1.29 is 9.68 Å². The summed E-state index contributed by atoms with van der Waals surface area (Å²) in [5, 5.41) is 8.85. The standard InChI is InChI=1S/C22H26N2O2/c1-21(2)19(23-25-15-17-11-7-5-8-12-17)22(3,4)20(21)24-26-16-18-13-9-6-10-14-18/h5-14H,15-16H2,1-4H3. The van der Waals surface area contributed by atoms with Crippen LogP contribution in [0.5, 0.6) is 0 Å². The third kappa shape index (κ3) is 3.64. The average Bonchev–Trinajstić information content (AvgIpc) is 2.63. The van der Waals surface area contributed by atoms with Crippen molar-refractivity contribution in [1.29, 1.82) is 0 Å². The zero-order valence-corrected chi connectivity index (χ0v) is 15.9. The molecule has 4 nitrogen and oxygen atoms in total. The van der Waals surface area contributed by atoms with E-state index in [2.05, 4.69) is 38.0 Å². The second-order valence-corrected chi connectivity index (χ2v) is 7.65. The lowest BCUT2D eigenvalue weighted by atomic mass is 9.52. The molecule has 0 aliphatic heterocycles. The molecule has 1 saturated carbocycles. The van der Waals surface area contributed by atoms with Crippen LogP contribution in [0.1, 0.15) is 38.8 Å². The average molecular weight is 350 g/mol. The third-order valence-electron chi connectivity index (χ3n) is 4.83. The van der Waals surface area contributed by atoms with Crippen molar-refractivity contribution in [2.45, 2.75) is 40.9 Å². The lowest BCUT2D eigenvalue weighted by Crippen LogP contribution is -2.61. The molecule has 0 radical (unpaired) electrons. The predicted molar refractivity (Wildman–Crippen MR) is 105 cm³/mol. The van der Waals surface area contributed by atoms with E-state index in [1.807, 2.05) is 60.7 Å². The zero-order chi connectivity index (χ0) is 18.6. The van der Waals surface area contributed by atoms with Crippen molar-refractivity contribution in [2.24, 2.45) is 21.1 Å². The van der Waals surface area contributed by atoms with Gasteiger partial charge in [-0.25, -0.2) is 0 Å². The van der Waals surface area contributed by atoms with Gasteiger partial charge in [-0.15, -0.1) is 0 Å². The summed E-state index contributed by atoms with van der Waals surface area (Å²) in [6.07, 6.45) is 0. The molecule has 0 bridgehead atoms. The Hall–Kier alpha value is -2.62. The highest BCUT2D eigenvalue weighted by atomic mass is 16.6. The predicted octanol–water partition coefficient (Wildman–Crippen LogP) is 5.20. The van der Waals surface area contributed by atoms with Crippen molar-refractivity contribution in [2.75, 3.05) is 0 Å². The summed E-state index contributed by atoms with van der Waals surface area (Å²) in [5.74, 6) is 0. The Balaban J connectivity index is 1.64. The van der Waals surface area contributed by atoms with Crippen molar-refractivity contribution in [1.82, 2.24) is 0 Å². The van der Waals surface area contributed by atoms with Gasteiger partial charge < -0.3 is 9.68 Å². The van der Waals surface area contributed by atoms with Crippen molar-refractivity contribution in [3.8, 4) is 0 Å². The van der Waals surface area contributed by atoms with Gasteiger partial charge in [0.05, 0.1) is 11.4 Å². The van der Waals surface area contributed by atoms with Crippen LogP contribution in [0.2, 0.25) is 0 Å². The quantitative estimate of drug-likeness (QED) is 0.672. The van der Waals surface area contributed by atoms with E-state index >= 15 is 0 Å². The number of hydrogen-bond donors (Lipinski definition) is 0. The van der Waals surface area contributed by atoms with E-state index in [-0.39, 0.29) is 10.8 Å². The van der Waals surface area contributed by atoms with Crippen LogP contribution in [-0.4, -0.2) is 11.4 Å². The molecule has 1 aliphatic rings. The minimum Gasteiger partial charge on any atom is -0.391 e. The molecule has 0 spiro atoms. The molecule has 0 aromatic heterocycles. The first-order valence-electron chi connectivity index (χ1n) is 8.92. The largest absolute Gasteiger partial charge is 0.391 e. The van der Waals surface area contributed by atoms with Gasteiger partial charge >= 0.3 is 0 Å². The third-order valence-corrected chi connectivity index (χ3v) is 4.83. The van der Waals surface area contributed by atoms with E-state index in [9.17, 15) is 0 Å². The minimum absolute atomic E-state index is 0.267. The van der Waals surface area contributed by atoms with E-state index in [0.717, 1.165) is 22.6 Å². The van der Waals surface area contributed by atoms with E-state index < -0.39 is 0 Å². The highest BCUT2D eigenvalue weighted by Crippen LogP contribution is 2.48. The maximum atomic E-state index is 5.61. The molecule has 0 N–H and O–H groups in total. The van der Waals surface area contributed by atoms with Crippen LogP contribution in [0, 0.1) is 10.8 Å². The summed E-state index contributed by atoms with van der Waals surface area (Å²) in [6, 6.07) is 20.1. The molecule has 0 atom stereocenters. The van der Waals surface area contributed by atoms with Crippen molar-refractivity contribution in [3.63, 3.8) is 0 Å². The Morgan fingerprint density at radius 1 is 0.615 bits per heavy atom. The molecule has 1 aliphatic carbocycles. The molecular formula is C22H26N2O2. The van der Waals surface area contributed by atoms with E-state index in [4.69, 9.17) is 9.68 Å². The smallest absolute Gasteiger partial charge is 0.142 e. The molecule has 0 amide bonds. The van der Waals surface area contributed by atoms with Crippen LogP contribution in [0.3, 0.4) is 0 Å². The van der Waals surface area contributed by atoms with Gasteiger partial charge in [0.15, 0.2) is 0 Å². The molecule has 1 fully saturated rings. The molecular weight excluding hydrogens is 324 g/mol. The fraction of sp³-hybridized carbons (Fsp3) is 0.364. The molecule has 0 saturated heterocycles. The molecule has 2 aromatic rings. The van der Waals surface area contributed by atoms with Gasteiger partial charge in [0.25, 0.3) is 0 Å². The van der Waals surface area contributed by atoms with E-state index in [0.29, 0.717) is 13.2 Å². The number of hydrogen-bond acceptors (Lipinski definition) is 4. The lowest BCUT2D eigenvalue weighted by Gasteiger charge is -2.50. The maximum Gasteiger partial charge on any atom is 0.142 e. The van der Waals surface area contributed by atoms with Gasteiger partial charge in [-0.05, 0) is 38.8 Å². The first-order valence-corrected chi connectivity index (χ1v) is 8.92. The normalized spacial score (nSPS) is 17.2. The van der Waals surface area contributed by atoms with Gasteiger partial charge in [-0.2, -0.15) is 0 Å². The Kier molecular flexibility index (Phi) is 5.12. The first-order chi connectivity index (χ1) is 12.4. The van der Waals surface area contributed by atoms with Crippen molar-refractivity contribution in [3.05, 3.63) is 71.8 Å². The molecule has 3 rings (SSSR count). The number of nitrogens with zero attached hydrogens (tertiary/aromatic N) is 2. The van der Waals surface area contributed by atoms with Gasteiger partial charge in [-0.3, -0.25) is 0 Å². The summed E-state index contributed by atoms with van der Waals surface area (Å²) in [7, 11) is 0. The molecule has 0 unspecified atom stereocenters. The van der Waals surface area contributed by atoms with E-state index in [1.54, 1.807) is 0 Å². The molecule has 26 heavy (non-hydrogen) atoms. The Labute approximate surface area is 155 Å². The fourth-order valence-electron chi connectivity index (χ4n) is 3.67. The molecule has 4 heteroatoms. The Morgan fingerprint density at radius 2 is 0.962 bits per heavy atom. The summed E-state index contributed by atoms with van der Waals surface area (Å²) in [6.45, 7) is 9.35. The second-order valence-electron chi connectivity index (χ2n) is 7.65. The minimum atomic E-state index is -0.267. The van der Waals surface area contributed by atoms with Crippen LogP contribution in [0.25, 0.3) is 0 Å². The van der Waals surface area contributed by atoms with Gasteiger partial charge in [0, 0.05) is 10.8 Å². The van der Waals surface area contributed by atoms with Crippen LogP contribution < -0.4 is 0 Å². The lowest BCUT2D eigenvalue weighted by molar-refractivity contribution is 0.115. The zero-order valence-electron chi connectivity index (χ0n) is 15.9. The molecule has 0 heterocycles. The van der Waals surface area contributed by atoms with Crippen LogP contribution >= 0.6 is 0 Å². The summed E-state index contributed by atoms with van der Waals surface area (Å²) >= 11 is 0. The Morgan fingerprint density at radius 3 is 1.31 bits per heavy atom. The van der Waals surface area contributed by atoms with Gasteiger partial charge in [0.1, 0.15) is 13.2 Å². The summed E-state index contributed by atoms with van der Waals surface area (Å²) < 4.78 is 0. The van der Waals surface area contributed by atoms with E-state index in [1.165, 1.54) is 0 Å². The summed E-state index contributed by atoms with van der Waals surface area (Å²) in [4.78, 5) is 11.2. The Bertz CT molecular complexity index is 708. The first kappa shape index (κ1) is 18.2. The number of benzene rings is 2. The second kappa shape index (κ2) is 7.32. The number of rotatable bonds is 6. The van der Waals surface area contributed by atoms with Crippen LogP contribution in [-0.2, 0) is 22.9 Å². The monoisotopic (exact) mass is 350 g/mol. The highest BCUT2D eigenvalue weighted by molar-refractivity contribution is 6.33. The van der Waals surface area contributed by atoms with Gasteiger partial charge in [-0.1, -0.05) is 71.0 Å². The fourth-order valence-corrected chi connectivity index (χ4v) is 3.67. The molecule has 2 aromatic carbocycles. The SMILES string of the molecule is CC1(C)C(=NOCc2ccccc2)C(C)(C)C1=NOCc1ccccc1. The van der Waals surface area contributed by atoms with Crippen LogP contribution in [0.15, 0.2) is 71.0 Å². The van der Waals surface area contributed by atoms with Crippen molar-refractivity contribution >= 4 is 11.4 Å². The highest BCUT2D eigenvalue weighted by Gasteiger charge is 2.58.